The molecular weight excluding hydrogens is 256 g/mol. The second kappa shape index (κ2) is 5.63. The van der Waals surface area contributed by atoms with Gasteiger partial charge in [-0.15, -0.1) is 0 Å². The van der Waals surface area contributed by atoms with Crippen LogP contribution < -0.4 is 5.73 Å². The van der Waals surface area contributed by atoms with Gasteiger partial charge in [0, 0.05) is 24.2 Å². The zero-order valence-corrected chi connectivity index (χ0v) is 11.6. The van der Waals surface area contributed by atoms with Crippen LogP contribution >= 0.6 is 0 Å². The third-order valence-electron chi connectivity index (χ3n) is 4.03. The number of aliphatic hydroxyl groups is 1. The number of piperidine rings is 1. The maximum absolute atomic E-state index is 12.4. The van der Waals surface area contributed by atoms with E-state index in [0.29, 0.717) is 43.5 Å². The summed E-state index contributed by atoms with van der Waals surface area (Å²) in [6, 6.07) is 6.44. The van der Waals surface area contributed by atoms with Gasteiger partial charge in [-0.2, -0.15) is 0 Å². The first-order valence-electron chi connectivity index (χ1n) is 6.87. The fourth-order valence-corrected chi connectivity index (χ4v) is 2.47. The van der Waals surface area contributed by atoms with Crippen LogP contribution in [0.3, 0.4) is 0 Å². The largest absolute Gasteiger partial charge is 0.390 e. The molecule has 3 N–H and O–H groups in total. The number of hydrogen-bond acceptors (Lipinski definition) is 3. The molecule has 108 valence electrons. The van der Waals surface area contributed by atoms with Crippen LogP contribution in [0, 0.1) is 0 Å². The third-order valence-corrected chi connectivity index (χ3v) is 4.03. The van der Waals surface area contributed by atoms with E-state index >= 15 is 0 Å². The summed E-state index contributed by atoms with van der Waals surface area (Å²) in [5.74, 6) is -0.662. The predicted molar refractivity (Wildman–Crippen MR) is 75.3 cm³/mol. The molecule has 0 atom stereocenters. The molecule has 0 saturated carbocycles. The zero-order valence-electron chi connectivity index (χ0n) is 11.6. The number of carbonyl (C=O) groups is 2. The van der Waals surface area contributed by atoms with Crippen molar-refractivity contribution in [1.82, 2.24) is 4.90 Å². The SMILES string of the molecule is CCC1(O)CCN(C(=O)c2cccc(C(N)=O)c2)CC1. The molecule has 20 heavy (non-hydrogen) atoms. The lowest BCUT2D eigenvalue weighted by molar-refractivity contribution is -0.0193. The summed E-state index contributed by atoms with van der Waals surface area (Å²) in [6.45, 7) is 3.02. The van der Waals surface area contributed by atoms with E-state index in [1.807, 2.05) is 6.92 Å². The number of nitrogens with zero attached hydrogens (tertiary/aromatic N) is 1. The molecule has 1 aromatic rings. The van der Waals surface area contributed by atoms with Crippen LogP contribution in [0.1, 0.15) is 46.9 Å². The van der Waals surface area contributed by atoms with Crippen molar-refractivity contribution >= 4 is 11.8 Å². The van der Waals surface area contributed by atoms with Gasteiger partial charge in [-0.05, 0) is 37.5 Å². The van der Waals surface area contributed by atoms with Crippen molar-refractivity contribution < 1.29 is 14.7 Å². The summed E-state index contributed by atoms with van der Waals surface area (Å²) in [6.07, 6.45) is 1.88. The molecule has 2 rings (SSSR count). The van der Waals surface area contributed by atoms with E-state index in [9.17, 15) is 14.7 Å². The number of carbonyl (C=O) groups excluding carboxylic acids is 2. The molecule has 0 aliphatic carbocycles. The smallest absolute Gasteiger partial charge is 0.253 e. The van der Waals surface area contributed by atoms with E-state index in [2.05, 4.69) is 0 Å². The van der Waals surface area contributed by atoms with Gasteiger partial charge in [0.05, 0.1) is 5.60 Å². The van der Waals surface area contributed by atoms with Gasteiger partial charge in [-0.3, -0.25) is 9.59 Å². The van der Waals surface area contributed by atoms with E-state index in [1.54, 1.807) is 23.1 Å². The molecule has 5 nitrogen and oxygen atoms in total. The number of primary amides is 1. The fourth-order valence-electron chi connectivity index (χ4n) is 2.47. The Bertz CT molecular complexity index is 520. The third kappa shape index (κ3) is 2.99. The maximum Gasteiger partial charge on any atom is 0.253 e. The van der Waals surface area contributed by atoms with Crippen LogP contribution in [0.2, 0.25) is 0 Å². The van der Waals surface area contributed by atoms with Crippen LogP contribution in [0.25, 0.3) is 0 Å². The van der Waals surface area contributed by atoms with E-state index < -0.39 is 11.5 Å². The standard InChI is InChI=1S/C15H20N2O3/c1-2-15(20)6-8-17(9-7-15)14(19)12-5-3-4-11(10-12)13(16)18/h3-5,10,20H,2,6-9H2,1H3,(H2,16,18). The first kappa shape index (κ1) is 14.5. The number of amides is 2. The molecule has 0 radical (unpaired) electrons. The van der Waals surface area contributed by atoms with Gasteiger partial charge in [-0.1, -0.05) is 13.0 Å². The molecule has 1 aliphatic heterocycles. The minimum Gasteiger partial charge on any atom is -0.390 e. The minimum absolute atomic E-state index is 0.119. The van der Waals surface area contributed by atoms with Crippen LogP contribution in [0.5, 0.6) is 0 Å². The molecule has 1 saturated heterocycles. The van der Waals surface area contributed by atoms with E-state index in [0.717, 1.165) is 0 Å². The lowest BCUT2D eigenvalue weighted by atomic mass is 9.89. The Kier molecular flexibility index (Phi) is 4.09. The number of rotatable bonds is 3. The first-order valence-corrected chi connectivity index (χ1v) is 6.87. The number of nitrogens with two attached hydrogens (primary N) is 1. The van der Waals surface area contributed by atoms with Crippen LogP contribution in [-0.2, 0) is 0 Å². The number of likely N-dealkylation sites (tertiary alicyclic amines) is 1. The topological polar surface area (TPSA) is 83.6 Å². The zero-order chi connectivity index (χ0) is 14.8. The molecule has 2 amide bonds. The maximum atomic E-state index is 12.4. The van der Waals surface area contributed by atoms with E-state index in [-0.39, 0.29) is 5.91 Å². The highest BCUT2D eigenvalue weighted by Gasteiger charge is 2.32. The summed E-state index contributed by atoms with van der Waals surface area (Å²) in [4.78, 5) is 25.2. The molecule has 1 heterocycles. The summed E-state index contributed by atoms with van der Waals surface area (Å²) in [5.41, 5.74) is 5.36. The van der Waals surface area contributed by atoms with Crippen molar-refractivity contribution in [2.45, 2.75) is 31.8 Å². The van der Waals surface area contributed by atoms with Crippen molar-refractivity contribution in [2.75, 3.05) is 13.1 Å². The van der Waals surface area contributed by atoms with Gasteiger partial charge in [0.25, 0.3) is 5.91 Å². The molecule has 0 bridgehead atoms. The molecule has 1 aliphatic rings. The van der Waals surface area contributed by atoms with E-state index in [4.69, 9.17) is 5.73 Å². The van der Waals surface area contributed by atoms with Crippen LogP contribution in [0.4, 0.5) is 0 Å². The molecule has 0 unspecified atom stereocenters. The Morgan fingerprint density at radius 1 is 1.30 bits per heavy atom. The van der Waals surface area contributed by atoms with Gasteiger partial charge >= 0.3 is 0 Å². The van der Waals surface area contributed by atoms with Crippen LogP contribution in [0.15, 0.2) is 24.3 Å². The molecule has 1 aromatic carbocycles. The van der Waals surface area contributed by atoms with Crippen molar-refractivity contribution in [3.8, 4) is 0 Å². The number of benzene rings is 1. The quantitative estimate of drug-likeness (QED) is 0.869. The summed E-state index contributed by atoms with van der Waals surface area (Å²) in [7, 11) is 0. The second-order valence-corrected chi connectivity index (χ2v) is 5.32. The molecular formula is C15H20N2O3. The lowest BCUT2D eigenvalue weighted by Gasteiger charge is -2.37. The van der Waals surface area contributed by atoms with Gasteiger partial charge in [-0.25, -0.2) is 0 Å². The average Bonchev–Trinajstić information content (AvgIpc) is 2.47. The summed E-state index contributed by atoms with van der Waals surface area (Å²) >= 11 is 0. The molecule has 0 aromatic heterocycles. The molecule has 0 spiro atoms. The van der Waals surface area contributed by atoms with Crippen molar-refractivity contribution in [2.24, 2.45) is 5.73 Å². The Balaban J connectivity index is 2.09. The Morgan fingerprint density at radius 3 is 2.45 bits per heavy atom. The van der Waals surface area contributed by atoms with Crippen molar-refractivity contribution in [3.63, 3.8) is 0 Å². The lowest BCUT2D eigenvalue weighted by Crippen LogP contribution is -2.46. The van der Waals surface area contributed by atoms with Gasteiger partial charge in [0.2, 0.25) is 5.91 Å². The van der Waals surface area contributed by atoms with Gasteiger partial charge in [0.15, 0.2) is 0 Å². The summed E-state index contributed by atoms with van der Waals surface area (Å²) < 4.78 is 0. The fraction of sp³-hybridized carbons (Fsp3) is 0.467. The number of hydrogen-bond donors (Lipinski definition) is 2. The van der Waals surface area contributed by atoms with Crippen molar-refractivity contribution in [3.05, 3.63) is 35.4 Å². The first-order chi connectivity index (χ1) is 9.45. The highest BCUT2D eigenvalue weighted by molar-refractivity contribution is 5.99. The van der Waals surface area contributed by atoms with E-state index in [1.165, 1.54) is 6.07 Å². The predicted octanol–water partition coefficient (Wildman–Crippen LogP) is 1.16. The van der Waals surface area contributed by atoms with Gasteiger partial charge in [0.1, 0.15) is 0 Å². The summed E-state index contributed by atoms with van der Waals surface area (Å²) in [5, 5.41) is 10.2. The Morgan fingerprint density at radius 2 is 1.90 bits per heavy atom. The van der Waals surface area contributed by atoms with Gasteiger partial charge < -0.3 is 15.7 Å². The highest BCUT2D eigenvalue weighted by Crippen LogP contribution is 2.26. The highest BCUT2D eigenvalue weighted by atomic mass is 16.3. The second-order valence-electron chi connectivity index (χ2n) is 5.32. The molecule has 5 heteroatoms. The Hall–Kier alpha value is -1.88. The molecule has 1 fully saturated rings. The monoisotopic (exact) mass is 276 g/mol. The average molecular weight is 276 g/mol. The van der Waals surface area contributed by atoms with Crippen LogP contribution in [-0.4, -0.2) is 40.5 Å². The minimum atomic E-state index is -0.647. The Labute approximate surface area is 118 Å². The van der Waals surface area contributed by atoms with Crippen molar-refractivity contribution in [1.29, 1.82) is 0 Å². The normalized spacial score (nSPS) is 17.8.